The average Bonchev–Trinajstić information content (AvgIpc) is 1.99. The molecule has 1 unspecified atom stereocenters. The van der Waals surface area contributed by atoms with Crippen molar-refractivity contribution in [1.29, 1.82) is 5.26 Å². The SMILES string of the molecule is CC(CC#N)N(C)CCC(C)(C)O. The number of hydrogen-bond acceptors (Lipinski definition) is 3. The third kappa shape index (κ3) is 6.56. The van der Waals surface area contributed by atoms with Crippen LogP contribution in [-0.2, 0) is 0 Å². The standard InChI is InChI=1S/C10H20N2O/c1-9(5-7-11)12(4)8-6-10(2,3)13/h9,13H,5-6,8H2,1-4H3. The van der Waals surface area contributed by atoms with Gasteiger partial charge in [-0.3, -0.25) is 0 Å². The summed E-state index contributed by atoms with van der Waals surface area (Å²) in [6.07, 6.45) is 1.28. The van der Waals surface area contributed by atoms with Crippen molar-refractivity contribution in [2.24, 2.45) is 0 Å². The van der Waals surface area contributed by atoms with Crippen LogP contribution >= 0.6 is 0 Å². The summed E-state index contributed by atoms with van der Waals surface area (Å²) in [5.41, 5.74) is -0.610. The highest BCUT2D eigenvalue weighted by Crippen LogP contribution is 2.09. The van der Waals surface area contributed by atoms with Crippen LogP contribution in [0.15, 0.2) is 0 Å². The molecule has 0 amide bonds. The molecule has 0 radical (unpaired) electrons. The average molecular weight is 184 g/mol. The molecule has 0 aliphatic rings. The molecule has 1 atom stereocenters. The van der Waals surface area contributed by atoms with Crippen LogP contribution in [0.5, 0.6) is 0 Å². The van der Waals surface area contributed by atoms with Gasteiger partial charge in [0.25, 0.3) is 0 Å². The molecule has 0 aliphatic heterocycles. The normalized spacial score (nSPS) is 14.2. The molecule has 76 valence electrons. The van der Waals surface area contributed by atoms with Crippen molar-refractivity contribution in [3.05, 3.63) is 0 Å². The van der Waals surface area contributed by atoms with Gasteiger partial charge in [-0.25, -0.2) is 0 Å². The third-order valence-corrected chi connectivity index (χ3v) is 2.22. The number of hydrogen-bond donors (Lipinski definition) is 1. The van der Waals surface area contributed by atoms with Crippen LogP contribution in [0.3, 0.4) is 0 Å². The van der Waals surface area contributed by atoms with Crippen molar-refractivity contribution >= 4 is 0 Å². The molecule has 0 heterocycles. The van der Waals surface area contributed by atoms with Crippen molar-refractivity contribution in [2.75, 3.05) is 13.6 Å². The van der Waals surface area contributed by atoms with Gasteiger partial charge in [-0.2, -0.15) is 5.26 Å². The molecule has 0 saturated heterocycles. The number of rotatable bonds is 5. The smallest absolute Gasteiger partial charge is 0.0638 e. The summed E-state index contributed by atoms with van der Waals surface area (Å²) < 4.78 is 0. The zero-order valence-electron chi connectivity index (χ0n) is 9.04. The summed E-state index contributed by atoms with van der Waals surface area (Å²) in [4.78, 5) is 2.10. The summed E-state index contributed by atoms with van der Waals surface area (Å²) in [5.74, 6) is 0. The van der Waals surface area contributed by atoms with Gasteiger partial charge in [0.05, 0.1) is 18.1 Å². The maximum atomic E-state index is 9.49. The molecule has 0 aromatic carbocycles. The van der Waals surface area contributed by atoms with Crippen molar-refractivity contribution in [2.45, 2.75) is 45.3 Å². The van der Waals surface area contributed by atoms with Gasteiger partial charge in [-0.1, -0.05) is 0 Å². The minimum atomic E-state index is -0.610. The summed E-state index contributed by atoms with van der Waals surface area (Å²) in [6.45, 7) is 6.45. The largest absolute Gasteiger partial charge is 0.390 e. The number of nitrogens with zero attached hydrogens (tertiary/aromatic N) is 2. The lowest BCUT2D eigenvalue weighted by atomic mass is 10.1. The zero-order chi connectivity index (χ0) is 10.5. The quantitative estimate of drug-likeness (QED) is 0.702. The molecule has 0 aliphatic carbocycles. The second-order valence-electron chi connectivity index (χ2n) is 4.25. The molecule has 1 N–H and O–H groups in total. The first-order chi connectivity index (χ1) is 5.87. The third-order valence-electron chi connectivity index (χ3n) is 2.22. The Morgan fingerprint density at radius 1 is 1.54 bits per heavy atom. The van der Waals surface area contributed by atoms with Crippen LogP contribution in [0.2, 0.25) is 0 Å². The fraction of sp³-hybridized carbons (Fsp3) is 0.900. The van der Waals surface area contributed by atoms with Gasteiger partial charge in [-0.15, -0.1) is 0 Å². The first kappa shape index (κ1) is 12.4. The van der Waals surface area contributed by atoms with Gasteiger partial charge in [0.15, 0.2) is 0 Å². The van der Waals surface area contributed by atoms with Crippen LogP contribution in [-0.4, -0.2) is 35.2 Å². The predicted octanol–water partition coefficient (Wildman–Crippen LogP) is 1.38. The van der Waals surface area contributed by atoms with E-state index in [1.54, 1.807) is 13.8 Å². The van der Waals surface area contributed by atoms with Crippen molar-refractivity contribution < 1.29 is 5.11 Å². The topological polar surface area (TPSA) is 47.3 Å². The van der Waals surface area contributed by atoms with Gasteiger partial charge >= 0.3 is 0 Å². The Balaban J connectivity index is 3.75. The molecular formula is C10H20N2O. The fourth-order valence-corrected chi connectivity index (χ4v) is 0.958. The fourth-order valence-electron chi connectivity index (χ4n) is 0.958. The first-order valence-electron chi connectivity index (χ1n) is 4.66. The lowest BCUT2D eigenvalue weighted by Gasteiger charge is -2.26. The van der Waals surface area contributed by atoms with Gasteiger partial charge in [-0.05, 0) is 34.2 Å². The van der Waals surface area contributed by atoms with E-state index in [0.717, 1.165) is 13.0 Å². The molecule has 3 nitrogen and oxygen atoms in total. The highest BCUT2D eigenvalue weighted by molar-refractivity contribution is 4.79. The monoisotopic (exact) mass is 184 g/mol. The van der Waals surface area contributed by atoms with E-state index < -0.39 is 5.60 Å². The van der Waals surface area contributed by atoms with Crippen molar-refractivity contribution in [3.8, 4) is 6.07 Å². The van der Waals surface area contributed by atoms with E-state index in [1.807, 2.05) is 14.0 Å². The van der Waals surface area contributed by atoms with Crippen LogP contribution in [0, 0.1) is 11.3 Å². The van der Waals surface area contributed by atoms with E-state index in [2.05, 4.69) is 11.0 Å². The Kier molecular flexibility index (Phi) is 4.97. The summed E-state index contributed by atoms with van der Waals surface area (Å²) >= 11 is 0. The molecule has 0 aromatic rings. The lowest BCUT2D eigenvalue weighted by Crippen LogP contribution is -2.34. The molecular weight excluding hydrogens is 164 g/mol. The van der Waals surface area contributed by atoms with Gasteiger partial charge < -0.3 is 10.0 Å². The molecule has 0 fully saturated rings. The molecule has 13 heavy (non-hydrogen) atoms. The van der Waals surface area contributed by atoms with Gasteiger partial charge in [0.2, 0.25) is 0 Å². The summed E-state index contributed by atoms with van der Waals surface area (Å²) in [5, 5.41) is 18.0. The summed E-state index contributed by atoms with van der Waals surface area (Å²) in [7, 11) is 1.98. The molecule has 0 saturated carbocycles. The van der Waals surface area contributed by atoms with Crippen LogP contribution < -0.4 is 0 Å². The van der Waals surface area contributed by atoms with Crippen molar-refractivity contribution in [3.63, 3.8) is 0 Å². The Labute approximate surface area is 81.0 Å². The molecule has 0 aromatic heterocycles. The highest BCUT2D eigenvalue weighted by atomic mass is 16.3. The Morgan fingerprint density at radius 3 is 2.46 bits per heavy atom. The number of aliphatic hydroxyl groups is 1. The van der Waals surface area contributed by atoms with Crippen LogP contribution in [0.1, 0.15) is 33.6 Å². The second kappa shape index (κ2) is 5.21. The molecule has 0 bridgehead atoms. The van der Waals surface area contributed by atoms with E-state index in [4.69, 9.17) is 5.26 Å². The lowest BCUT2D eigenvalue weighted by molar-refractivity contribution is 0.0568. The Hall–Kier alpha value is -0.590. The molecule has 0 rings (SSSR count). The minimum Gasteiger partial charge on any atom is -0.390 e. The van der Waals surface area contributed by atoms with E-state index in [-0.39, 0.29) is 6.04 Å². The summed E-state index contributed by atoms with van der Waals surface area (Å²) in [6, 6.07) is 2.41. The van der Waals surface area contributed by atoms with E-state index in [9.17, 15) is 5.11 Å². The predicted molar refractivity (Wildman–Crippen MR) is 53.2 cm³/mol. The zero-order valence-corrected chi connectivity index (χ0v) is 9.04. The highest BCUT2D eigenvalue weighted by Gasteiger charge is 2.15. The number of nitriles is 1. The van der Waals surface area contributed by atoms with E-state index in [1.165, 1.54) is 0 Å². The van der Waals surface area contributed by atoms with Crippen molar-refractivity contribution in [1.82, 2.24) is 4.90 Å². The van der Waals surface area contributed by atoms with E-state index >= 15 is 0 Å². The van der Waals surface area contributed by atoms with Crippen LogP contribution in [0.25, 0.3) is 0 Å². The molecule has 3 heteroatoms. The molecule has 0 spiro atoms. The van der Waals surface area contributed by atoms with Crippen LogP contribution in [0.4, 0.5) is 0 Å². The Bertz CT molecular complexity index is 178. The van der Waals surface area contributed by atoms with E-state index in [0.29, 0.717) is 6.42 Å². The maximum absolute atomic E-state index is 9.49. The Morgan fingerprint density at radius 2 is 2.08 bits per heavy atom. The minimum absolute atomic E-state index is 0.271. The maximum Gasteiger partial charge on any atom is 0.0638 e. The first-order valence-corrected chi connectivity index (χ1v) is 4.66. The van der Waals surface area contributed by atoms with Gasteiger partial charge in [0.1, 0.15) is 0 Å². The van der Waals surface area contributed by atoms with Gasteiger partial charge in [0, 0.05) is 12.6 Å². The second-order valence-corrected chi connectivity index (χ2v) is 4.25.